The average Bonchev–Trinajstić information content (AvgIpc) is 2.59. The van der Waals surface area contributed by atoms with Crippen molar-refractivity contribution in [2.75, 3.05) is 18.6 Å². The number of hydrogen-bond donors (Lipinski definition) is 0. The summed E-state index contributed by atoms with van der Waals surface area (Å²) < 4.78 is 43.5. The van der Waals surface area contributed by atoms with Gasteiger partial charge in [-0.05, 0) is 28.8 Å². The van der Waals surface area contributed by atoms with Crippen molar-refractivity contribution in [3.63, 3.8) is 0 Å². The zero-order valence-electron chi connectivity index (χ0n) is 13.9. The molecule has 0 aliphatic rings. The Kier molecular flexibility index (Phi) is 5.66. The minimum absolute atomic E-state index is 0.0771. The molecule has 0 saturated heterocycles. The van der Waals surface area contributed by atoms with E-state index < -0.39 is 24.6 Å². The number of alkyl halides is 3. The first-order chi connectivity index (χ1) is 11.8. The molecule has 0 aromatic heterocycles. The normalized spacial score (nSPS) is 11.4. The zero-order valence-corrected chi connectivity index (χ0v) is 13.9. The van der Waals surface area contributed by atoms with Gasteiger partial charge in [0.25, 0.3) is 0 Å². The van der Waals surface area contributed by atoms with E-state index in [9.17, 15) is 22.8 Å². The minimum atomic E-state index is -5.09. The van der Waals surface area contributed by atoms with Gasteiger partial charge in [-0.2, -0.15) is 13.2 Å². The van der Waals surface area contributed by atoms with E-state index in [-0.39, 0.29) is 5.69 Å². The van der Waals surface area contributed by atoms with Crippen LogP contribution >= 0.6 is 0 Å². The lowest BCUT2D eigenvalue weighted by Gasteiger charge is -2.26. The molecule has 0 spiro atoms. The molecule has 0 heterocycles. The number of carbonyl (C=O) groups excluding carboxylic acids is 2. The number of halogens is 3. The van der Waals surface area contributed by atoms with Crippen molar-refractivity contribution in [1.29, 1.82) is 0 Å². The summed E-state index contributed by atoms with van der Waals surface area (Å²) in [6, 6.07) is 10.3. The van der Waals surface area contributed by atoms with Crippen molar-refractivity contribution in [1.82, 2.24) is 0 Å². The highest BCUT2D eigenvalue weighted by molar-refractivity contribution is 6.04. The van der Waals surface area contributed by atoms with Gasteiger partial charge in [0.1, 0.15) is 6.54 Å². The topological polar surface area (TPSA) is 46.6 Å². The Morgan fingerprint density at radius 1 is 1.12 bits per heavy atom. The van der Waals surface area contributed by atoms with Crippen LogP contribution in [0.4, 0.5) is 18.9 Å². The van der Waals surface area contributed by atoms with Crippen LogP contribution in [0.5, 0.6) is 0 Å². The third kappa shape index (κ3) is 4.10. The molecule has 25 heavy (non-hydrogen) atoms. The van der Waals surface area contributed by atoms with E-state index >= 15 is 0 Å². The molecule has 0 bridgehead atoms. The Balaban J connectivity index is 2.64. The van der Waals surface area contributed by atoms with Gasteiger partial charge in [0.2, 0.25) is 0 Å². The SMILES string of the molecule is CCCc1c(N(CC(=O)OC)C(=O)C(F)(F)F)ccc2ccccc12. The molecule has 0 atom stereocenters. The van der Waals surface area contributed by atoms with Gasteiger partial charge in [-0.3, -0.25) is 14.5 Å². The van der Waals surface area contributed by atoms with Crippen LogP contribution in [-0.4, -0.2) is 31.7 Å². The molecular formula is C18H18F3NO3. The molecule has 2 rings (SSSR count). The van der Waals surface area contributed by atoms with Crippen molar-refractivity contribution in [2.24, 2.45) is 0 Å². The average molecular weight is 353 g/mol. The molecule has 2 aromatic rings. The number of carbonyl (C=O) groups is 2. The first-order valence-corrected chi connectivity index (χ1v) is 7.75. The second-order valence-electron chi connectivity index (χ2n) is 5.50. The third-order valence-corrected chi connectivity index (χ3v) is 3.81. The quantitative estimate of drug-likeness (QED) is 0.767. The van der Waals surface area contributed by atoms with E-state index in [0.29, 0.717) is 23.3 Å². The van der Waals surface area contributed by atoms with Gasteiger partial charge in [-0.15, -0.1) is 0 Å². The van der Waals surface area contributed by atoms with E-state index in [1.165, 1.54) is 6.07 Å². The van der Waals surface area contributed by atoms with Gasteiger partial charge in [0, 0.05) is 5.69 Å². The summed E-state index contributed by atoms with van der Waals surface area (Å²) in [7, 11) is 1.06. The van der Waals surface area contributed by atoms with Crippen LogP contribution in [0.2, 0.25) is 0 Å². The van der Waals surface area contributed by atoms with E-state index in [4.69, 9.17) is 0 Å². The second kappa shape index (κ2) is 7.55. The maximum atomic E-state index is 13.0. The summed E-state index contributed by atoms with van der Waals surface area (Å²) in [6.07, 6.45) is -3.95. The lowest BCUT2D eigenvalue weighted by Crippen LogP contribution is -2.44. The highest BCUT2D eigenvalue weighted by atomic mass is 19.4. The summed E-state index contributed by atoms with van der Waals surface area (Å²) in [5.41, 5.74) is 0.676. The standard InChI is InChI=1S/C18H18F3NO3/c1-3-6-14-13-8-5-4-7-12(13)9-10-15(14)22(11-16(23)25-2)17(24)18(19,20)21/h4-5,7-10H,3,6,11H2,1-2H3. The van der Waals surface area contributed by atoms with Crippen LogP contribution in [-0.2, 0) is 20.7 Å². The van der Waals surface area contributed by atoms with Gasteiger partial charge >= 0.3 is 18.1 Å². The number of hydrogen-bond acceptors (Lipinski definition) is 3. The number of ether oxygens (including phenoxy) is 1. The van der Waals surface area contributed by atoms with Gasteiger partial charge in [0.15, 0.2) is 0 Å². The van der Waals surface area contributed by atoms with Crippen LogP contribution in [0.1, 0.15) is 18.9 Å². The number of esters is 1. The van der Waals surface area contributed by atoms with Gasteiger partial charge in [0.05, 0.1) is 7.11 Å². The Hall–Kier alpha value is -2.57. The number of fused-ring (bicyclic) bond motifs is 1. The number of rotatable bonds is 5. The molecule has 7 heteroatoms. The fraction of sp³-hybridized carbons (Fsp3) is 0.333. The molecule has 134 valence electrons. The zero-order chi connectivity index (χ0) is 18.6. The highest BCUT2D eigenvalue weighted by Crippen LogP contribution is 2.32. The first kappa shape index (κ1) is 18.8. The van der Waals surface area contributed by atoms with Gasteiger partial charge in [-0.1, -0.05) is 43.7 Å². The molecule has 0 aliphatic heterocycles. The van der Waals surface area contributed by atoms with Crippen LogP contribution in [0.15, 0.2) is 36.4 Å². The lowest BCUT2D eigenvalue weighted by atomic mass is 9.98. The van der Waals surface area contributed by atoms with E-state index in [2.05, 4.69) is 4.74 Å². The van der Waals surface area contributed by atoms with Crippen molar-refractivity contribution in [3.05, 3.63) is 42.0 Å². The number of nitrogens with zero attached hydrogens (tertiary/aromatic N) is 1. The van der Waals surface area contributed by atoms with E-state index in [1.54, 1.807) is 18.2 Å². The van der Waals surface area contributed by atoms with Crippen molar-refractivity contribution >= 4 is 28.3 Å². The van der Waals surface area contributed by atoms with Crippen molar-refractivity contribution in [2.45, 2.75) is 25.9 Å². The van der Waals surface area contributed by atoms with E-state index in [1.807, 2.05) is 19.1 Å². The van der Waals surface area contributed by atoms with Gasteiger partial charge in [-0.25, -0.2) is 0 Å². The molecule has 1 amide bonds. The van der Waals surface area contributed by atoms with Crippen LogP contribution in [0, 0.1) is 0 Å². The predicted molar refractivity (Wildman–Crippen MR) is 88.4 cm³/mol. The second-order valence-corrected chi connectivity index (χ2v) is 5.50. The molecule has 0 aliphatic carbocycles. The minimum Gasteiger partial charge on any atom is -0.468 e. The number of aryl methyl sites for hydroxylation is 1. The third-order valence-electron chi connectivity index (χ3n) is 3.81. The Labute approximate surface area is 143 Å². The van der Waals surface area contributed by atoms with Crippen molar-refractivity contribution in [3.8, 4) is 0 Å². The highest BCUT2D eigenvalue weighted by Gasteiger charge is 2.44. The van der Waals surface area contributed by atoms with Gasteiger partial charge < -0.3 is 4.74 Å². The summed E-state index contributed by atoms with van der Waals surface area (Å²) in [5.74, 6) is -3.02. The predicted octanol–water partition coefficient (Wildman–Crippen LogP) is 3.86. The smallest absolute Gasteiger partial charge is 0.468 e. The monoisotopic (exact) mass is 353 g/mol. The molecule has 2 aromatic carbocycles. The van der Waals surface area contributed by atoms with Crippen LogP contribution in [0.25, 0.3) is 10.8 Å². The molecule has 0 unspecified atom stereocenters. The number of anilines is 1. The fourth-order valence-electron chi connectivity index (χ4n) is 2.70. The lowest BCUT2D eigenvalue weighted by molar-refractivity contribution is -0.171. The Morgan fingerprint density at radius 2 is 1.80 bits per heavy atom. The largest absolute Gasteiger partial charge is 0.471 e. The maximum absolute atomic E-state index is 13.0. The maximum Gasteiger partial charge on any atom is 0.471 e. The molecule has 0 radical (unpaired) electrons. The summed E-state index contributed by atoms with van der Waals surface area (Å²) in [6.45, 7) is 1.09. The van der Waals surface area contributed by atoms with Crippen LogP contribution in [0.3, 0.4) is 0 Å². The number of benzene rings is 2. The molecule has 4 nitrogen and oxygen atoms in total. The summed E-state index contributed by atoms with van der Waals surface area (Å²) in [4.78, 5) is 23.9. The first-order valence-electron chi connectivity index (χ1n) is 7.75. The van der Waals surface area contributed by atoms with Crippen LogP contribution < -0.4 is 4.90 Å². The molecule has 0 N–H and O–H groups in total. The summed E-state index contributed by atoms with van der Waals surface area (Å²) >= 11 is 0. The Bertz CT molecular complexity index is 787. The number of amides is 1. The fourth-order valence-corrected chi connectivity index (χ4v) is 2.70. The molecule has 0 saturated carbocycles. The molecular weight excluding hydrogens is 335 g/mol. The summed E-state index contributed by atoms with van der Waals surface area (Å²) in [5, 5.41) is 1.61. The number of methoxy groups -OCH3 is 1. The van der Waals surface area contributed by atoms with Crippen molar-refractivity contribution < 1.29 is 27.5 Å². The molecule has 0 fully saturated rings. The Morgan fingerprint density at radius 3 is 2.40 bits per heavy atom. The van der Waals surface area contributed by atoms with E-state index in [0.717, 1.165) is 17.9 Å².